The second-order valence-electron chi connectivity index (χ2n) is 3.30. The van der Waals surface area contributed by atoms with Crippen molar-refractivity contribution in [2.24, 2.45) is 0 Å². The van der Waals surface area contributed by atoms with Crippen LogP contribution in [-0.2, 0) is 39.1 Å². The van der Waals surface area contributed by atoms with Crippen LogP contribution in [0.25, 0.3) is 10.9 Å². The summed E-state index contributed by atoms with van der Waals surface area (Å²) < 4.78 is 0. The summed E-state index contributed by atoms with van der Waals surface area (Å²) in [6.45, 7) is 0. The molecule has 3 heteroatoms. The molecule has 15 heavy (non-hydrogen) atoms. The number of nitrogens with zero attached hydrogens (tertiary/aromatic N) is 1. The number of aromatic amines is 1. The third kappa shape index (κ3) is 2.90. The van der Waals surface area contributed by atoms with Gasteiger partial charge in [0.2, 0.25) is 0 Å². The van der Waals surface area contributed by atoms with E-state index in [-0.39, 0.29) is 32.7 Å². The SMILES string of the molecule is N#CCCCc1c[nH]c2cc[c-]cc12.[Y]. The van der Waals surface area contributed by atoms with Gasteiger partial charge in [-0.25, -0.2) is 0 Å². The summed E-state index contributed by atoms with van der Waals surface area (Å²) in [5, 5.41) is 9.67. The maximum Gasteiger partial charge on any atom is 0.0621 e. The molecule has 73 valence electrons. The average Bonchev–Trinajstić information content (AvgIpc) is 2.63. The topological polar surface area (TPSA) is 39.6 Å². The van der Waals surface area contributed by atoms with Gasteiger partial charge < -0.3 is 4.98 Å². The zero-order chi connectivity index (χ0) is 9.80. The molecule has 1 aromatic carbocycles. The molecule has 2 nitrogen and oxygen atoms in total. The van der Waals surface area contributed by atoms with Crippen LogP contribution in [0.5, 0.6) is 0 Å². The normalized spacial score (nSPS) is 9.53. The van der Waals surface area contributed by atoms with Crippen LogP contribution in [0.4, 0.5) is 0 Å². The summed E-state index contributed by atoms with van der Waals surface area (Å²) in [5.41, 5.74) is 2.43. The zero-order valence-corrected chi connectivity index (χ0v) is 11.3. The minimum atomic E-state index is 0. The van der Waals surface area contributed by atoms with E-state index in [2.05, 4.69) is 17.1 Å². The van der Waals surface area contributed by atoms with Gasteiger partial charge in [-0.1, -0.05) is 11.1 Å². The summed E-state index contributed by atoms with van der Waals surface area (Å²) in [4.78, 5) is 3.21. The van der Waals surface area contributed by atoms with Crippen LogP contribution >= 0.6 is 0 Å². The molecule has 0 aliphatic heterocycles. The van der Waals surface area contributed by atoms with Crippen LogP contribution in [0.15, 0.2) is 24.4 Å². The van der Waals surface area contributed by atoms with Crippen molar-refractivity contribution in [3.63, 3.8) is 0 Å². The molecule has 0 unspecified atom stereocenters. The van der Waals surface area contributed by atoms with Crippen molar-refractivity contribution in [1.29, 1.82) is 5.26 Å². The van der Waals surface area contributed by atoms with Gasteiger partial charge in [-0.05, 0) is 19.0 Å². The number of benzene rings is 1. The van der Waals surface area contributed by atoms with E-state index in [9.17, 15) is 0 Å². The number of hydrogen-bond acceptors (Lipinski definition) is 1. The summed E-state index contributed by atoms with van der Waals surface area (Å²) in [5.74, 6) is 0. The Kier molecular flexibility index (Phi) is 5.01. The van der Waals surface area contributed by atoms with Gasteiger partial charge in [0.05, 0.1) is 6.07 Å². The van der Waals surface area contributed by atoms with Gasteiger partial charge in [-0.3, -0.25) is 0 Å². The van der Waals surface area contributed by atoms with E-state index in [1.165, 1.54) is 10.9 Å². The molecule has 1 N–H and O–H groups in total. The summed E-state index contributed by atoms with van der Waals surface area (Å²) >= 11 is 0. The Morgan fingerprint density at radius 2 is 2.33 bits per heavy atom. The Hall–Kier alpha value is -0.646. The van der Waals surface area contributed by atoms with Gasteiger partial charge in [0.15, 0.2) is 0 Å². The summed E-state index contributed by atoms with van der Waals surface area (Å²) in [7, 11) is 0. The van der Waals surface area contributed by atoms with Gasteiger partial charge >= 0.3 is 0 Å². The van der Waals surface area contributed by atoms with Crippen LogP contribution < -0.4 is 0 Å². The molecule has 0 fully saturated rings. The summed E-state index contributed by atoms with van der Waals surface area (Å²) in [6, 6.07) is 11.1. The van der Waals surface area contributed by atoms with Crippen LogP contribution in [0, 0.1) is 17.4 Å². The molecule has 2 rings (SSSR count). The van der Waals surface area contributed by atoms with Crippen molar-refractivity contribution in [2.75, 3.05) is 0 Å². The molecule has 0 saturated heterocycles. The predicted octanol–water partition coefficient (Wildman–Crippen LogP) is 2.81. The number of aromatic nitrogens is 1. The van der Waals surface area contributed by atoms with Crippen LogP contribution in [0.1, 0.15) is 18.4 Å². The molecule has 0 aliphatic rings. The molecule has 2 aromatic rings. The van der Waals surface area contributed by atoms with E-state index in [1.54, 1.807) is 0 Å². The third-order valence-electron chi connectivity index (χ3n) is 2.35. The van der Waals surface area contributed by atoms with Gasteiger partial charge in [0.25, 0.3) is 0 Å². The number of nitriles is 1. The average molecular weight is 272 g/mol. The molecular formula is C12H11N2Y-. The fourth-order valence-electron chi connectivity index (χ4n) is 1.63. The molecule has 1 radical (unpaired) electrons. The molecule has 0 amide bonds. The molecule has 0 saturated carbocycles. The largest absolute Gasteiger partial charge is 0.384 e. The van der Waals surface area contributed by atoms with E-state index in [0.29, 0.717) is 6.42 Å². The monoisotopic (exact) mass is 272 g/mol. The second kappa shape index (κ2) is 6.05. The van der Waals surface area contributed by atoms with E-state index >= 15 is 0 Å². The molecule has 1 heterocycles. The molecule has 0 bridgehead atoms. The number of hydrogen-bond donors (Lipinski definition) is 1. The standard InChI is InChI=1S/C12H11N2.Y/c13-8-4-3-5-10-9-14-12-7-2-1-6-11(10)12;/h2,6-7,9,14H,3-5H2;/q-1;. The first kappa shape index (κ1) is 12.4. The number of aryl methyl sites for hydroxylation is 1. The van der Waals surface area contributed by atoms with Crippen molar-refractivity contribution in [1.82, 2.24) is 4.98 Å². The van der Waals surface area contributed by atoms with Crippen molar-refractivity contribution in [2.45, 2.75) is 19.3 Å². The van der Waals surface area contributed by atoms with Gasteiger partial charge in [-0.2, -0.15) is 23.5 Å². The first-order valence-corrected chi connectivity index (χ1v) is 4.75. The Labute approximate surface area is 115 Å². The van der Waals surface area contributed by atoms with E-state index in [4.69, 9.17) is 5.26 Å². The number of rotatable bonds is 3. The van der Waals surface area contributed by atoms with Crippen molar-refractivity contribution < 1.29 is 32.7 Å². The third-order valence-corrected chi connectivity index (χ3v) is 2.35. The number of nitrogens with one attached hydrogen (secondary N) is 1. The maximum absolute atomic E-state index is 8.44. The van der Waals surface area contributed by atoms with Crippen molar-refractivity contribution >= 4 is 10.9 Å². The molecule has 0 aliphatic carbocycles. The quantitative estimate of drug-likeness (QED) is 0.677. The van der Waals surface area contributed by atoms with Gasteiger partial charge in [0, 0.05) is 39.1 Å². The molecular weight excluding hydrogens is 261 g/mol. The van der Waals surface area contributed by atoms with Crippen molar-refractivity contribution in [3.05, 3.63) is 36.0 Å². The Morgan fingerprint density at radius 1 is 1.47 bits per heavy atom. The number of fused-ring (bicyclic) bond motifs is 1. The zero-order valence-electron chi connectivity index (χ0n) is 8.46. The first-order chi connectivity index (χ1) is 6.92. The number of unbranched alkanes of at least 4 members (excludes halogenated alkanes) is 1. The van der Waals surface area contributed by atoms with E-state index in [1.807, 2.05) is 24.4 Å². The predicted molar refractivity (Wildman–Crippen MR) is 55.7 cm³/mol. The van der Waals surface area contributed by atoms with Crippen LogP contribution in [0.2, 0.25) is 0 Å². The maximum atomic E-state index is 8.44. The van der Waals surface area contributed by atoms with Gasteiger partial charge in [0.1, 0.15) is 0 Å². The molecule has 1 aromatic heterocycles. The number of H-pyrrole nitrogens is 1. The Morgan fingerprint density at radius 3 is 3.13 bits per heavy atom. The second-order valence-corrected chi connectivity index (χ2v) is 3.30. The van der Waals surface area contributed by atoms with Crippen LogP contribution in [-0.4, -0.2) is 4.98 Å². The minimum absolute atomic E-state index is 0. The fourth-order valence-corrected chi connectivity index (χ4v) is 1.63. The van der Waals surface area contributed by atoms with Crippen molar-refractivity contribution in [3.8, 4) is 6.07 Å². The first-order valence-electron chi connectivity index (χ1n) is 4.75. The minimum Gasteiger partial charge on any atom is -0.384 e. The molecule has 0 atom stereocenters. The van der Waals surface area contributed by atoms with Gasteiger partial charge in [-0.15, -0.1) is 11.5 Å². The Balaban J connectivity index is 0.00000112. The fraction of sp³-hybridized carbons (Fsp3) is 0.250. The summed E-state index contributed by atoms with van der Waals surface area (Å²) in [6.07, 6.45) is 4.54. The Bertz CT molecular complexity index is 468. The van der Waals surface area contributed by atoms with E-state index in [0.717, 1.165) is 18.4 Å². The smallest absolute Gasteiger partial charge is 0.0621 e. The molecule has 0 spiro atoms. The van der Waals surface area contributed by atoms with Crippen LogP contribution in [0.3, 0.4) is 0 Å². The van der Waals surface area contributed by atoms with E-state index < -0.39 is 0 Å².